The van der Waals surface area contributed by atoms with Crippen LogP contribution in [0.4, 0.5) is 14.7 Å². The van der Waals surface area contributed by atoms with Gasteiger partial charge in [-0.25, -0.2) is 17.2 Å². The van der Waals surface area contributed by atoms with E-state index in [4.69, 9.17) is 4.42 Å². The SMILES string of the molecule is O=S(=O)(c1ccc(F)cc1)c1nc(-c2ccccc2F)oc1N1CCCCCC1. The standard InChI is InChI=1S/C21H20F2N2O3S/c22-15-9-11-16(12-10-15)29(26,27)20-21(25-13-5-1-2-6-14-25)28-19(24-20)17-7-3-4-8-18(17)23/h3-4,7-12H,1-2,5-6,13-14H2. The first kappa shape index (κ1) is 19.6. The third-order valence-corrected chi connectivity index (χ3v) is 6.62. The van der Waals surface area contributed by atoms with Crippen LogP contribution in [0.1, 0.15) is 25.7 Å². The van der Waals surface area contributed by atoms with Gasteiger partial charge in [0.15, 0.2) is 0 Å². The summed E-state index contributed by atoms with van der Waals surface area (Å²) in [5, 5.41) is -0.274. The van der Waals surface area contributed by atoms with Crippen molar-refractivity contribution < 1.29 is 21.6 Å². The van der Waals surface area contributed by atoms with Crippen LogP contribution in [0.15, 0.2) is 62.9 Å². The Labute approximate surface area is 167 Å². The summed E-state index contributed by atoms with van der Waals surface area (Å²) in [5.41, 5.74) is 0.0872. The quantitative estimate of drug-likeness (QED) is 0.568. The van der Waals surface area contributed by atoms with Crippen LogP contribution in [0.3, 0.4) is 0 Å². The highest BCUT2D eigenvalue weighted by Crippen LogP contribution is 2.36. The molecule has 0 radical (unpaired) electrons. The Morgan fingerprint density at radius 3 is 2.21 bits per heavy atom. The lowest BCUT2D eigenvalue weighted by Crippen LogP contribution is -2.25. The average Bonchev–Trinajstić information content (AvgIpc) is 2.98. The Bertz CT molecular complexity index is 1100. The molecule has 8 heteroatoms. The van der Waals surface area contributed by atoms with Gasteiger partial charge in [-0.3, -0.25) is 0 Å². The van der Waals surface area contributed by atoms with E-state index in [1.165, 1.54) is 30.3 Å². The summed E-state index contributed by atoms with van der Waals surface area (Å²) in [7, 11) is -4.08. The van der Waals surface area contributed by atoms with E-state index in [1.807, 2.05) is 4.90 Å². The maximum absolute atomic E-state index is 14.3. The van der Waals surface area contributed by atoms with Gasteiger partial charge in [0.1, 0.15) is 11.6 Å². The Balaban J connectivity index is 1.86. The Kier molecular flexibility index (Phi) is 5.36. The first-order valence-electron chi connectivity index (χ1n) is 9.48. The Hall–Kier alpha value is -2.74. The van der Waals surface area contributed by atoms with E-state index in [2.05, 4.69) is 4.98 Å². The van der Waals surface area contributed by atoms with Gasteiger partial charge in [0.25, 0.3) is 0 Å². The number of sulfone groups is 1. The minimum absolute atomic E-state index is 0.0872. The summed E-state index contributed by atoms with van der Waals surface area (Å²) >= 11 is 0. The number of anilines is 1. The number of aromatic nitrogens is 1. The largest absolute Gasteiger partial charge is 0.419 e. The van der Waals surface area contributed by atoms with Gasteiger partial charge in [-0.05, 0) is 49.2 Å². The molecule has 0 N–H and O–H groups in total. The molecular weight excluding hydrogens is 398 g/mol. The number of hydrogen-bond donors (Lipinski definition) is 0. The predicted octanol–water partition coefficient (Wildman–Crippen LogP) is 4.83. The minimum atomic E-state index is -4.08. The van der Waals surface area contributed by atoms with Gasteiger partial charge in [-0.1, -0.05) is 25.0 Å². The fraction of sp³-hybridized carbons (Fsp3) is 0.286. The van der Waals surface area contributed by atoms with Crippen LogP contribution in [0.2, 0.25) is 0 Å². The molecule has 1 aliphatic heterocycles. The maximum atomic E-state index is 14.3. The van der Waals surface area contributed by atoms with Crippen LogP contribution in [0.25, 0.3) is 11.5 Å². The molecule has 0 amide bonds. The number of nitrogens with zero attached hydrogens (tertiary/aromatic N) is 2. The average molecular weight is 418 g/mol. The zero-order valence-corrected chi connectivity index (χ0v) is 16.5. The van der Waals surface area contributed by atoms with Crippen molar-refractivity contribution in [1.29, 1.82) is 0 Å². The van der Waals surface area contributed by atoms with Crippen LogP contribution in [-0.2, 0) is 9.84 Å². The molecular formula is C21H20F2N2O3S. The summed E-state index contributed by atoms with van der Waals surface area (Å²) in [6.45, 7) is 1.25. The van der Waals surface area contributed by atoms with Crippen molar-refractivity contribution in [3.8, 4) is 11.5 Å². The Morgan fingerprint density at radius 1 is 0.897 bits per heavy atom. The molecule has 2 heterocycles. The third kappa shape index (κ3) is 3.89. The molecule has 1 saturated heterocycles. The first-order chi connectivity index (χ1) is 14.0. The minimum Gasteiger partial charge on any atom is -0.419 e. The lowest BCUT2D eigenvalue weighted by Gasteiger charge is -2.20. The van der Waals surface area contributed by atoms with Gasteiger partial charge < -0.3 is 9.32 Å². The summed E-state index contributed by atoms with van der Waals surface area (Å²) in [6.07, 6.45) is 3.88. The lowest BCUT2D eigenvalue weighted by atomic mass is 10.2. The molecule has 29 heavy (non-hydrogen) atoms. The zero-order valence-electron chi connectivity index (χ0n) is 15.6. The van der Waals surface area contributed by atoms with E-state index in [1.54, 1.807) is 6.07 Å². The van der Waals surface area contributed by atoms with Crippen LogP contribution in [-0.4, -0.2) is 26.5 Å². The fourth-order valence-electron chi connectivity index (χ4n) is 3.42. The highest BCUT2D eigenvalue weighted by Gasteiger charge is 2.32. The van der Waals surface area contributed by atoms with E-state index in [0.29, 0.717) is 13.1 Å². The Morgan fingerprint density at radius 2 is 1.55 bits per heavy atom. The molecule has 0 atom stereocenters. The molecule has 2 aromatic carbocycles. The molecule has 0 bridgehead atoms. The van der Waals surface area contributed by atoms with Gasteiger partial charge in [-0.2, -0.15) is 4.98 Å². The second-order valence-electron chi connectivity index (χ2n) is 6.97. The van der Waals surface area contributed by atoms with Crippen LogP contribution < -0.4 is 4.90 Å². The highest BCUT2D eigenvalue weighted by atomic mass is 32.2. The van der Waals surface area contributed by atoms with Gasteiger partial charge in [0.05, 0.1) is 10.5 Å². The summed E-state index contributed by atoms with van der Waals surface area (Å²) in [6, 6.07) is 10.5. The van der Waals surface area contributed by atoms with Gasteiger partial charge in [0.2, 0.25) is 26.6 Å². The van der Waals surface area contributed by atoms with Crippen LogP contribution in [0.5, 0.6) is 0 Å². The number of oxazole rings is 1. The first-order valence-corrected chi connectivity index (χ1v) is 11.0. The molecule has 152 valence electrons. The van der Waals surface area contributed by atoms with E-state index in [-0.39, 0.29) is 27.3 Å². The number of hydrogen-bond acceptors (Lipinski definition) is 5. The van der Waals surface area contributed by atoms with Crippen molar-refractivity contribution in [1.82, 2.24) is 4.98 Å². The van der Waals surface area contributed by atoms with E-state index in [9.17, 15) is 17.2 Å². The molecule has 1 aliphatic rings. The third-order valence-electron chi connectivity index (χ3n) is 4.96. The predicted molar refractivity (Wildman–Crippen MR) is 104 cm³/mol. The molecule has 0 spiro atoms. The molecule has 1 fully saturated rings. The van der Waals surface area contributed by atoms with E-state index in [0.717, 1.165) is 37.8 Å². The zero-order chi connectivity index (χ0) is 20.4. The monoisotopic (exact) mass is 418 g/mol. The molecule has 4 rings (SSSR count). The smallest absolute Gasteiger partial charge is 0.236 e. The molecule has 0 unspecified atom stereocenters. The summed E-state index contributed by atoms with van der Waals surface area (Å²) in [5.74, 6) is -1.08. The molecule has 0 aliphatic carbocycles. The highest BCUT2D eigenvalue weighted by molar-refractivity contribution is 7.91. The maximum Gasteiger partial charge on any atom is 0.236 e. The van der Waals surface area contributed by atoms with Gasteiger partial charge in [0, 0.05) is 13.1 Å². The number of benzene rings is 2. The molecule has 0 saturated carbocycles. The summed E-state index contributed by atoms with van der Waals surface area (Å²) in [4.78, 5) is 5.94. The number of halogens is 2. The normalized spacial score (nSPS) is 15.3. The second kappa shape index (κ2) is 7.94. The van der Waals surface area contributed by atoms with Crippen molar-refractivity contribution in [3.05, 3.63) is 60.2 Å². The van der Waals surface area contributed by atoms with E-state index < -0.39 is 21.5 Å². The van der Waals surface area contributed by atoms with Crippen molar-refractivity contribution in [2.75, 3.05) is 18.0 Å². The fourth-order valence-corrected chi connectivity index (χ4v) is 4.74. The van der Waals surface area contributed by atoms with Crippen LogP contribution >= 0.6 is 0 Å². The molecule has 3 aromatic rings. The molecule has 1 aromatic heterocycles. The van der Waals surface area contributed by atoms with Crippen molar-refractivity contribution in [3.63, 3.8) is 0 Å². The lowest BCUT2D eigenvalue weighted by molar-refractivity contribution is 0.537. The van der Waals surface area contributed by atoms with Crippen molar-refractivity contribution in [2.45, 2.75) is 35.6 Å². The van der Waals surface area contributed by atoms with E-state index >= 15 is 0 Å². The molecule has 5 nitrogen and oxygen atoms in total. The number of rotatable bonds is 4. The topological polar surface area (TPSA) is 63.4 Å². The van der Waals surface area contributed by atoms with Crippen molar-refractivity contribution >= 4 is 15.7 Å². The van der Waals surface area contributed by atoms with Gasteiger partial charge in [-0.15, -0.1) is 0 Å². The van der Waals surface area contributed by atoms with Gasteiger partial charge >= 0.3 is 0 Å². The van der Waals surface area contributed by atoms with Crippen molar-refractivity contribution in [2.24, 2.45) is 0 Å². The van der Waals surface area contributed by atoms with Crippen LogP contribution in [0, 0.1) is 11.6 Å². The second-order valence-corrected chi connectivity index (χ2v) is 8.83. The summed E-state index contributed by atoms with van der Waals surface area (Å²) < 4.78 is 59.9.